The van der Waals surface area contributed by atoms with Gasteiger partial charge in [0.2, 0.25) is 0 Å². The number of benzene rings is 1. The molecule has 1 unspecified atom stereocenters. The van der Waals surface area contributed by atoms with Gasteiger partial charge in [0, 0.05) is 18.5 Å². The molecule has 0 fully saturated rings. The predicted molar refractivity (Wildman–Crippen MR) is 126 cm³/mol. The molecule has 0 heterocycles. The molecule has 0 aromatic heterocycles. The molecule has 0 bridgehead atoms. The molecule has 0 aliphatic rings. The van der Waals surface area contributed by atoms with E-state index in [9.17, 15) is 4.79 Å². The van der Waals surface area contributed by atoms with Crippen molar-refractivity contribution in [1.29, 1.82) is 0 Å². The van der Waals surface area contributed by atoms with E-state index in [1.165, 1.54) is 64.2 Å². The molecule has 0 aliphatic heterocycles. The molecule has 0 amide bonds. The monoisotopic (exact) mass is 438 g/mol. The van der Waals surface area contributed by atoms with E-state index in [1.54, 1.807) is 0 Å². The van der Waals surface area contributed by atoms with Gasteiger partial charge >= 0.3 is 0 Å². The molecule has 1 N–H and O–H groups in total. The molecule has 30 heavy (non-hydrogen) atoms. The predicted octanol–water partition coefficient (Wildman–Crippen LogP) is 3.99. The lowest BCUT2D eigenvalue weighted by atomic mass is 9.96. The fourth-order valence-corrected chi connectivity index (χ4v) is 4.15. The Morgan fingerprint density at radius 3 is 1.80 bits per heavy atom. The molecule has 4 heteroatoms. The molecule has 0 radical (unpaired) electrons. The molecule has 174 valence electrons. The molecule has 3 nitrogen and oxygen atoms in total. The summed E-state index contributed by atoms with van der Waals surface area (Å²) in [5.74, 6) is 0.362. The number of ketones is 1. The quantitative estimate of drug-likeness (QED) is 0.213. The first-order valence-electron chi connectivity index (χ1n) is 12.2. The summed E-state index contributed by atoms with van der Waals surface area (Å²) in [5, 5.41) is 0. The highest BCUT2D eigenvalue weighted by molar-refractivity contribution is 5.84. The Balaban J connectivity index is 0.00000841. The summed E-state index contributed by atoms with van der Waals surface area (Å²) in [6.07, 6.45) is 16.2. The number of halogens is 1. The maximum atomic E-state index is 13.2. The molecule has 1 rings (SSSR count). The van der Waals surface area contributed by atoms with Gasteiger partial charge in [-0.15, -0.1) is 0 Å². The van der Waals surface area contributed by atoms with E-state index in [1.807, 2.05) is 18.2 Å². The van der Waals surface area contributed by atoms with Crippen molar-refractivity contribution in [2.45, 2.75) is 103 Å². The molecular formula is C26H47ClN2O. The van der Waals surface area contributed by atoms with Gasteiger partial charge in [-0.3, -0.25) is 4.79 Å². The fourth-order valence-electron chi connectivity index (χ4n) is 4.15. The maximum absolute atomic E-state index is 13.2. The van der Waals surface area contributed by atoms with Gasteiger partial charge in [0.05, 0.1) is 14.1 Å². The van der Waals surface area contributed by atoms with Crippen LogP contribution in [0.3, 0.4) is 0 Å². The van der Waals surface area contributed by atoms with Gasteiger partial charge in [-0.1, -0.05) is 108 Å². The fraction of sp³-hybridized carbons (Fsp3) is 0.731. The number of rotatable bonds is 18. The Morgan fingerprint density at radius 2 is 1.30 bits per heavy atom. The summed E-state index contributed by atoms with van der Waals surface area (Å²) in [6.45, 7) is 5.36. The maximum Gasteiger partial charge on any atom is 0.196 e. The average Bonchev–Trinajstić information content (AvgIpc) is 2.71. The smallest absolute Gasteiger partial charge is 0.196 e. The van der Waals surface area contributed by atoms with E-state index in [0.29, 0.717) is 16.8 Å². The van der Waals surface area contributed by atoms with Crippen molar-refractivity contribution in [3.63, 3.8) is 0 Å². The number of unbranched alkanes of at least 4 members (excludes halogenated alkanes) is 10. The molecule has 0 saturated heterocycles. The lowest BCUT2D eigenvalue weighted by molar-refractivity contribution is -0.954. The average molecular weight is 439 g/mol. The van der Waals surface area contributed by atoms with Crippen LogP contribution >= 0.6 is 0 Å². The van der Waals surface area contributed by atoms with E-state index in [0.717, 1.165) is 24.9 Å². The minimum absolute atomic E-state index is 0. The third kappa shape index (κ3) is 12.1. The molecular weight excluding hydrogens is 392 g/mol. The second-order valence-corrected chi connectivity index (χ2v) is 9.01. The zero-order valence-corrected chi connectivity index (χ0v) is 20.9. The van der Waals surface area contributed by atoms with E-state index in [2.05, 4.69) is 45.5 Å². The number of carbonyl (C=O) groups excluding carboxylic acids is 1. The molecule has 0 aliphatic carbocycles. The van der Waals surface area contributed by atoms with E-state index >= 15 is 0 Å². The van der Waals surface area contributed by atoms with E-state index in [-0.39, 0.29) is 18.4 Å². The minimum Gasteiger partial charge on any atom is -1.00 e. The number of nitrogens with one attached hydrogen (secondary N) is 1. The van der Waals surface area contributed by atoms with Crippen LogP contribution in [0.1, 0.15) is 109 Å². The number of nitrogens with zero attached hydrogens (tertiary/aromatic N) is 1. The summed E-state index contributed by atoms with van der Waals surface area (Å²) >= 11 is 0. The molecule has 1 aromatic carbocycles. The Hall–Kier alpha value is -0.900. The van der Waals surface area contributed by atoms with Crippen molar-refractivity contribution < 1.29 is 21.8 Å². The zero-order chi connectivity index (χ0) is 21.4. The Kier molecular flexibility index (Phi) is 17.2. The highest BCUT2D eigenvalue weighted by Gasteiger charge is 2.35. The van der Waals surface area contributed by atoms with Gasteiger partial charge in [-0.05, 0) is 12.8 Å². The van der Waals surface area contributed by atoms with Crippen molar-refractivity contribution >= 4 is 5.78 Å². The Labute approximate surface area is 193 Å². The number of quaternary nitrogens is 1. The largest absolute Gasteiger partial charge is 1.00 e. The van der Waals surface area contributed by atoms with Gasteiger partial charge in [-0.25, -0.2) is 4.59 Å². The van der Waals surface area contributed by atoms with Gasteiger partial charge in [0.1, 0.15) is 0 Å². The van der Waals surface area contributed by atoms with Crippen molar-refractivity contribution in [3.05, 3.63) is 35.9 Å². The summed E-state index contributed by atoms with van der Waals surface area (Å²) in [4.78, 5) is 13.2. The lowest BCUT2D eigenvalue weighted by Crippen LogP contribution is -3.00. The van der Waals surface area contributed by atoms with Crippen LogP contribution in [0.15, 0.2) is 30.3 Å². The van der Waals surface area contributed by atoms with Crippen LogP contribution in [0, 0.1) is 0 Å². The number of hydrogen-bond acceptors (Lipinski definition) is 2. The number of carbonyl (C=O) groups is 1. The first kappa shape index (κ1) is 29.1. The Morgan fingerprint density at radius 1 is 0.800 bits per heavy atom. The lowest BCUT2D eigenvalue weighted by Gasteiger charge is -2.37. The molecule has 0 saturated carbocycles. The first-order chi connectivity index (χ1) is 14.0. The van der Waals surface area contributed by atoms with Crippen molar-refractivity contribution in [2.75, 3.05) is 20.6 Å². The van der Waals surface area contributed by atoms with Crippen LogP contribution in [-0.4, -0.2) is 31.0 Å². The van der Waals surface area contributed by atoms with Crippen LogP contribution in [0.2, 0.25) is 0 Å². The highest BCUT2D eigenvalue weighted by atomic mass is 35.5. The van der Waals surface area contributed by atoms with Crippen molar-refractivity contribution in [1.82, 2.24) is 5.43 Å². The molecule has 1 aromatic rings. The molecule has 1 atom stereocenters. The van der Waals surface area contributed by atoms with Crippen molar-refractivity contribution in [2.24, 2.45) is 0 Å². The van der Waals surface area contributed by atoms with Gasteiger partial charge < -0.3 is 12.4 Å². The summed E-state index contributed by atoms with van der Waals surface area (Å²) in [6, 6.07) is 10.2. The summed E-state index contributed by atoms with van der Waals surface area (Å²) in [7, 11) is 4.23. The number of hydrogen-bond donors (Lipinski definition) is 1. The van der Waals surface area contributed by atoms with Crippen LogP contribution in [-0.2, 0) is 4.79 Å². The second-order valence-electron chi connectivity index (χ2n) is 9.01. The van der Waals surface area contributed by atoms with Crippen LogP contribution in [0.25, 0.3) is 0 Å². The van der Waals surface area contributed by atoms with E-state index in [4.69, 9.17) is 0 Å². The van der Waals surface area contributed by atoms with Crippen LogP contribution in [0.4, 0.5) is 0 Å². The normalized spacial score (nSPS) is 12.4. The third-order valence-electron chi connectivity index (χ3n) is 5.86. The van der Waals surface area contributed by atoms with Crippen molar-refractivity contribution in [3.8, 4) is 0 Å². The molecule has 0 spiro atoms. The topological polar surface area (TPSA) is 29.1 Å². The zero-order valence-electron chi connectivity index (χ0n) is 20.1. The summed E-state index contributed by atoms with van der Waals surface area (Å²) < 4.78 is 0.523. The third-order valence-corrected chi connectivity index (χ3v) is 5.86. The SMILES string of the molecule is CCCCCCCCCCCCCC(=O)C(c1ccccc1)[N+](C)(C)NCCC.[Cl-]. The minimum atomic E-state index is -0.133. The Bertz CT molecular complexity index is 533. The second kappa shape index (κ2) is 17.7. The number of likely N-dealkylation sites (N-methyl/N-ethyl adjacent to an activating group) is 1. The van der Waals surface area contributed by atoms with Gasteiger partial charge in [-0.2, -0.15) is 5.43 Å². The van der Waals surface area contributed by atoms with E-state index < -0.39 is 0 Å². The van der Waals surface area contributed by atoms with Gasteiger partial charge in [0.25, 0.3) is 0 Å². The first-order valence-corrected chi connectivity index (χ1v) is 12.2. The van der Waals surface area contributed by atoms with Crippen LogP contribution in [0.5, 0.6) is 0 Å². The van der Waals surface area contributed by atoms with Gasteiger partial charge in [0.15, 0.2) is 11.8 Å². The summed E-state index contributed by atoms with van der Waals surface area (Å²) in [5.41, 5.74) is 4.67. The standard InChI is InChI=1S/C26H47N2O.ClH/c1-5-7-8-9-10-11-12-13-14-15-19-22-25(29)26(24-20-17-16-18-21-24)28(3,4)27-23-6-2;/h16-18,20-21,26-27H,5-15,19,22-23H2,1-4H3;1H/q+1;/p-1. The highest BCUT2D eigenvalue weighted by Crippen LogP contribution is 2.26. The number of Topliss-reactive ketones (excluding diaryl/α,β-unsaturated/α-hetero) is 1. The van der Waals surface area contributed by atoms with Crippen LogP contribution < -0.4 is 17.8 Å².